The summed E-state index contributed by atoms with van der Waals surface area (Å²) >= 11 is 0. The molecule has 0 unspecified atom stereocenters. The number of benzene rings is 1. The van der Waals surface area contributed by atoms with E-state index in [1.165, 1.54) is 16.7 Å². The van der Waals surface area contributed by atoms with Gasteiger partial charge in [0.1, 0.15) is 5.75 Å². The van der Waals surface area contributed by atoms with Gasteiger partial charge < -0.3 is 15.0 Å². The zero-order chi connectivity index (χ0) is 15.2. The van der Waals surface area contributed by atoms with Crippen LogP contribution in [0.15, 0.2) is 12.1 Å². The molecule has 1 aliphatic rings. The van der Waals surface area contributed by atoms with Crippen LogP contribution in [0.25, 0.3) is 0 Å². The Bertz CT molecular complexity index is 494. The number of nitrogens with zero attached hydrogens (tertiary/aromatic N) is 1. The normalized spacial score (nSPS) is 15.1. The van der Waals surface area contributed by atoms with Crippen molar-refractivity contribution in [2.24, 2.45) is 0 Å². The molecule has 2 rings (SSSR count). The Kier molecular flexibility index (Phi) is 5.62. The molecule has 0 aromatic heterocycles. The molecule has 1 aromatic carbocycles. The molecule has 4 heteroatoms. The van der Waals surface area contributed by atoms with Crippen molar-refractivity contribution in [3.05, 3.63) is 28.8 Å². The van der Waals surface area contributed by atoms with E-state index in [1.807, 2.05) is 4.90 Å². The van der Waals surface area contributed by atoms with E-state index in [0.717, 1.165) is 38.3 Å². The SMILES string of the molecule is Cc1cc(C)c(C)c(OCCCC(=O)N2CCNCC2)c1. The molecule has 1 fully saturated rings. The number of hydrogen-bond acceptors (Lipinski definition) is 3. The van der Waals surface area contributed by atoms with Crippen LogP contribution in [-0.2, 0) is 4.79 Å². The van der Waals surface area contributed by atoms with Gasteiger partial charge in [-0.05, 0) is 49.9 Å². The molecule has 0 bridgehead atoms. The maximum atomic E-state index is 12.0. The summed E-state index contributed by atoms with van der Waals surface area (Å²) in [5.41, 5.74) is 3.65. The van der Waals surface area contributed by atoms with Crippen molar-refractivity contribution in [1.82, 2.24) is 10.2 Å². The molecule has 116 valence electrons. The third-order valence-electron chi connectivity index (χ3n) is 4.03. The average molecular weight is 290 g/mol. The van der Waals surface area contributed by atoms with Gasteiger partial charge in [0.2, 0.25) is 5.91 Å². The lowest BCUT2D eigenvalue weighted by molar-refractivity contribution is -0.132. The lowest BCUT2D eigenvalue weighted by atomic mass is 10.1. The Morgan fingerprint density at radius 3 is 2.67 bits per heavy atom. The minimum Gasteiger partial charge on any atom is -0.493 e. The van der Waals surface area contributed by atoms with E-state index in [0.29, 0.717) is 13.0 Å². The predicted molar refractivity (Wildman–Crippen MR) is 84.8 cm³/mol. The van der Waals surface area contributed by atoms with Gasteiger partial charge in [-0.25, -0.2) is 0 Å². The summed E-state index contributed by atoms with van der Waals surface area (Å²) in [4.78, 5) is 14.0. The van der Waals surface area contributed by atoms with Crippen LogP contribution in [0, 0.1) is 20.8 Å². The molecule has 0 spiro atoms. The Balaban J connectivity index is 1.75. The standard InChI is InChI=1S/C17H26N2O2/c1-13-11-14(2)15(3)16(12-13)21-10-4-5-17(20)19-8-6-18-7-9-19/h11-12,18H,4-10H2,1-3H3. The van der Waals surface area contributed by atoms with Gasteiger partial charge in [0.25, 0.3) is 0 Å². The van der Waals surface area contributed by atoms with Crippen LogP contribution in [0.4, 0.5) is 0 Å². The topological polar surface area (TPSA) is 41.6 Å². The fourth-order valence-corrected chi connectivity index (χ4v) is 2.63. The van der Waals surface area contributed by atoms with Gasteiger partial charge in [-0.1, -0.05) is 6.07 Å². The highest BCUT2D eigenvalue weighted by atomic mass is 16.5. The van der Waals surface area contributed by atoms with Gasteiger partial charge >= 0.3 is 0 Å². The number of aryl methyl sites for hydroxylation is 2. The van der Waals surface area contributed by atoms with Crippen LogP contribution in [-0.4, -0.2) is 43.6 Å². The predicted octanol–water partition coefficient (Wildman–Crippen LogP) is 2.20. The fourth-order valence-electron chi connectivity index (χ4n) is 2.63. The molecule has 1 heterocycles. The summed E-state index contributed by atoms with van der Waals surface area (Å²) < 4.78 is 5.85. The van der Waals surface area contributed by atoms with Crippen LogP contribution < -0.4 is 10.1 Å². The minimum atomic E-state index is 0.247. The maximum Gasteiger partial charge on any atom is 0.222 e. The van der Waals surface area contributed by atoms with Crippen molar-refractivity contribution in [2.75, 3.05) is 32.8 Å². The van der Waals surface area contributed by atoms with Gasteiger partial charge in [-0.3, -0.25) is 4.79 Å². The molecule has 1 aliphatic heterocycles. The highest BCUT2D eigenvalue weighted by Crippen LogP contribution is 2.23. The molecule has 0 saturated carbocycles. The summed E-state index contributed by atoms with van der Waals surface area (Å²) in [5, 5.41) is 3.26. The summed E-state index contributed by atoms with van der Waals surface area (Å²) in [6.45, 7) is 10.3. The molecule has 0 aliphatic carbocycles. The first-order valence-electron chi connectivity index (χ1n) is 7.77. The quantitative estimate of drug-likeness (QED) is 0.845. The number of hydrogen-bond donors (Lipinski definition) is 1. The summed E-state index contributed by atoms with van der Waals surface area (Å²) in [6, 6.07) is 4.23. The molecule has 1 amide bonds. The van der Waals surface area contributed by atoms with E-state index in [-0.39, 0.29) is 5.91 Å². The van der Waals surface area contributed by atoms with E-state index < -0.39 is 0 Å². The van der Waals surface area contributed by atoms with Crippen LogP contribution in [0.1, 0.15) is 29.5 Å². The van der Waals surface area contributed by atoms with Crippen LogP contribution >= 0.6 is 0 Å². The van der Waals surface area contributed by atoms with Gasteiger partial charge in [-0.2, -0.15) is 0 Å². The largest absolute Gasteiger partial charge is 0.493 e. The Morgan fingerprint density at radius 1 is 1.24 bits per heavy atom. The van der Waals surface area contributed by atoms with Crippen LogP contribution in [0.3, 0.4) is 0 Å². The number of nitrogens with one attached hydrogen (secondary N) is 1. The third-order valence-corrected chi connectivity index (χ3v) is 4.03. The molecule has 1 saturated heterocycles. The summed E-state index contributed by atoms with van der Waals surface area (Å²) in [7, 11) is 0. The minimum absolute atomic E-state index is 0.247. The van der Waals surface area contributed by atoms with E-state index in [4.69, 9.17) is 4.74 Å². The second kappa shape index (κ2) is 7.46. The molecule has 21 heavy (non-hydrogen) atoms. The van der Waals surface area contributed by atoms with Gasteiger partial charge in [0.05, 0.1) is 6.61 Å². The molecule has 0 radical (unpaired) electrons. The van der Waals surface area contributed by atoms with Crippen molar-refractivity contribution in [3.63, 3.8) is 0 Å². The number of ether oxygens (including phenoxy) is 1. The molecule has 1 aromatic rings. The first kappa shape index (κ1) is 15.8. The highest BCUT2D eigenvalue weighted by Gasteiger charge is 2.15. The zero-order valence-corrected chi connectivity index (χ0v) is 13.4. The zero-order valence-electron chi connectivity index (χ0n) is 13.4. The first-order chi connectivity index (χ1) is 10.1. The Morgan fingerprint density at radius 2 is 1.95 bits per heavy atom. The third kappa shape index (κ3) is 4.46. The van der Waals surface area contributed by atoms with E-state index >= 15 is 0 Å². The highest BCUT2D eigenvalue weighted by molar-refractivity contribution is 5.76. The van der Waals surface area contributed by atoms with Crippen LogP contribution in [0.5, 0.6) is 5.75 Å². The summed E-state index contributed by atoms with van der Waals surface area (Å²) in [6.07, 6.45) is 1.35. The van der Waals surface area contributed by atoms with E-state index in [2.05, 4.69) is 38.2 Å². The van der Waals surface area contributed by atoms with Crippen LogP contribution in [0.2, 0.25) is 0 Å². The first-order valence-corrected chi connectivity index (χ1v) is 7.77. The fraction of sp³-hybridized carbons (Fsp3) is 0.588. The molecular weight excluding hydrogens is 264 g/mol. The van der Waals surface area contributed by atoms with Crippen molar-refractivity contribution in [1.29, 1.82) is 0 Å². The molecule has 0 atom stereocenters. The molecule has 1 N–H and O–H groups in total. The van der Waals surface area contributed by atoms with Gasteiger partial charge in [0, 0.05) is 32.6 Å². The lowest BCUT2D eigenvalue weighted by Gasteiger charge is -2.27. The molecular formula is C17H26N2O2. The smallest absolute Gasteiger partial charge is 0.222 e. The second-order valence-electron chi connectivity index (χ2n) is 5.79. The van der Waals surface area contributed by atoms with Crippen molar-refractivity contribution in [2.45, 2.75) is 33.6 Å². The number of amides is 1. The maximum absolute atomic E-state index is 12.0. The van der Waals surface area contributed by atoms with Gasteiger partial charge in [-0.15, -0.1) is 0 Å². The average Bonchev–Trinajstić information content (AvgIpc) is 2.49. The van der Waals surface area contributed by atoms with Crippen molar-refractivity contribution < 1.29 is 9.53 Å². The van der Waals surface area contributed by atoms with E-state index in [1.54, 1.807) is 0 Å². The van der Waals surface area contributed by atoms with Crippen molar-refractivity contribution in [3.8, 4) is 5.75 Å². The number of piperazine rings is 1. The summed E-state index contributed by atoms with van der Waals surface area (Å²) in [5.74, 6) is 1.19. The van der Waals surface area contributed by atoms with Crippen molar-refractivity contribution >= 4 is 5.91 Å². The monoisotopic (exact) mass is 290 g/mol. The Labute approximate surface area is 127 Å². The Hall–Kier alpha value is -1.55. The lowest BCUT2D eigenvalue weighted by Crippen LogP contribution is -2.46. The van der Waals surface area contributed by atoms with E-state index in [9.17, 15) is 4.79 Å². The van der Waals surface area contributed by atoms with Gasteiger partial charge in [0.15, 0.2) is 0 Å². The number of carbonyl (C=O) groups is 1. The molecule has 4 nitrogen and oxygen atoms in total. The second-order valence-corrected chi connectivity index (χ2v) is 5.79. The number of carbonyl (C=O) groups excluding carboxylic acids is 1. The number of rotatable bonds is 5.